The molecule has 1 N–H and O–H groups in total. The number of carboxylic acid groups (broad SMARTS) is 1. The predicted octanol–water partition coefficient (Wildman–Crippen LogP) is 3.49. The van der Waals surface area contributed by atoms with Crippen LogP contribution in [-0.2, 0) is 16.6 Å². The van der Waals surface area contributed by atoms with Gasteiger partial charge < -0.3 is 5.11 Å². The minimum Gasteiger partial charge on any atom is -0.478 e. The van der Waals surface area contributed by atoms with E-state index in [2.05, 4.69) is 0 Å². The van der Waals surface area contributed by atoms with Crippen molar-refractivity contribution < 1.29 is 18.5 Å². The van der Waals surface area contributed by atoms with Crippen LogP contribution in [0.15, 0.2) is 47.4 Å². The van der Waals surface area contributed by atoms with Crippen LogP contribution in [0, 0.1) is 5.82 Å². The molecule has 0 saturated carbocycles. The maximum atomic E-state index is 13.3. The van der Waals surface area contributed by atoms with E-state index in [9.17, 15) is 13.4 Å². The minimum absolute atomic E-state index is 0.0293. The Kier molecular flexibility index (Phi) is 4.52. The molecule has 0 aliphatic rings. The average molecular weight is 313 g/mol. The number of halogens is 2. The van der Waals surface area contributed by atoms with Crippen molar-refractivity contribution in [2.24, 2.45) is 0 Å². The first-order valence-corrected chi connectivity index (χ1v) is 7.34. The Hall–Kier alpha value is -1.72. The fourth-order valence-electron chi connectivity index (χ4n) is 1.72. The number of carbonyl (C=O) groups is 1. The molecule has 0 aliphatic carbocycles. The summed E-state index contributed by atoms with van der Waals surface area (Å²) in [5.74, 6) is -1.78. The van der Waals surface area contributed by atoms with Crippen molar-refractivity contribution in [3.05, 3.63) is 64.4 Å². The van der Waals surface area contributed by atoms with E-state index in [4.69, 9.17) is 16.7 Å². The number of hydrogen-bond donors (Lipinski definition) is 1. The van der Waals surface area contributed by atoms with Crippen LogP contribution in [-0.4, -0.2) is 15.3 Å². The van der Waals surface area contributed by atoms with Crippen LogP contribution in [0.25, 0.3) is 0 Å². The van der Waals surface area contributed by atoms with Crippen LogP contribution in [0.1, 0.15) is 15.9 Å². The average Bonchev–Trinajstić information content (AvgIpc) is 2.43. The van der Waals surface area contributed by atoms with Gasteiger partial charge in [0.1, 0.15) is 5.82 Å². The molecule has 0 heterocycles. The summed E-state index contributed by atoms with van der Waals surface area (Å²) in [4.78, 5) is 11.3. The van der Waals surface area contributed by atoms with Gasteiger partial charge in [0.05, 0.1) is 32.0 Å². The van der Waals surface area contributed by atoms with Crippen molar-refractivity contribution in [2.45, 2.75) is 10.6 Å². The van der Waals surface area contributed by atoms with E-state index >= 15 is 0 Å². The maximum absolute atomic E-state index is 13.3. The maximum Gasteiger partial charge on any atom is 0.336 e. The lowest BCUT2D eigenvalue weighted by atomic mass is 10.2. The minimum atomic E-state index is -1.62. The van der Waals surface area contributed by atoms with E-state index in [0.717, 1.165) is 0 Å². The summed E-state index contributed by atoms with van der Waals surface area (Å²) in [6, 6.07) is 10.3. The van der Waals surface area contributed by atoms with Crippen LogP contribution < -0.4 is 0 Å². The smallest absolute Gasteiger partial charge is 0.336 e. The SMILES string of the molecule is O=C(O)c1ccccc1S(=O)Cc1cccc(F)c1Cl. The van der Waals surface area contributed by atoms with Gasteiger partial charge in [0.15, 0.2) is 0 Å². The Balaban J connectivity index is 2.34. The van der Waals surface area contributed by atoms with Gasteiger partial charge >= 0.3 is 5.97 Å². The van der Waals surface area contributed by atoms with Crippen LogP contribution in [0.2, 0.25) is 5.02 Å². The molecule has 2 aromatic rings. The molecule has 104 valence electrons. The first-order valence-electron chi connectivity index (χ1n) is 5.64. The zero-order valence-corrected chi connectivity index (χ0v) is 11.7. The Bertz CT molecular complexity index is 688. The standard InChI is InChI=1S/C14H10ClFO3S/c15-13-9(4-3-6-11(13)16)8-20(19)12-7-2-1-5-10(12)14(17)18/h1-7H,8H2,(H,17,18). The molecule has 1 atom stereocenters. The highest BCUT2D eigenvalue weighted by molar-refractivity contribution is 7.84. The third kappa shape index (κ3) is 3.05. The largest absolute Gasteiger partial charge is 0.478 e. The first kappa shape index (κ1) is 14.7. The Morgan fingerprint density at radius 3 is 2.60 bits per heavy atom. The monoisotopic (exact) mass is 312 g/mol. The second-order valence-corrected chi connectivity index (χ2v) is 5.80. The lowest BCUT2D eigenvalue weighted by Gasteiger charge is -2.07. The Morgan fingerprint density at radius 1 is 1.20 bits per heavy atom. The van der Waals surface area contributed by atoms with Crippen molar-refractivity contribution in [1.29, 1.82) is 0 Å². The van der Waals surface area contributed by atoms with Gasteiger partial charge in [-0.25, -0.2) is 9.18 Å². The van der Waals surface area contributed by atoms with E-state index in [-0.39, 0.29) is 21.2 Å². The van der Waals surface area contributed by atoms with E-state index in [0.29, 0.717) is 5.56 Å². The highest BCUT2D eigenvalue weighted by atomic mass is 35.5. The van der Waals surface area contributed by atoms with E-state index in [1.807, 2.05) is 0 Å². The summed E-state index contributed by atoms with van der Waals surface area (Å²) >= 11 is 5.80. The highest BCUT2D eigenvalue weighted by Gasteiger charge is 2.16. The van der Waals surface area contributed by atoms with Gasteiger partial charge in [-0.05, 0) is 23.8 Å². The first-order chi connectivity index (χ1) is 9.50. The summed E-state index contributed by atoms with van der Waals surface area (Å²) in [7, 11) is -1.62. The van der Waals surface area contributed by atoms with Crippen molar-refractivity contribution in [3.63, 3.8) is 0 Å². The summed E-state index contributed by atoms with van der Waals surface area (Å²) in [6.45, 7) is 0. The molecule has 0 fully saturated rings. The quantitative estimate of drug-likeness (QED) is 0.940. The molecule has 3 nitrogen and oxygen atoms in total. The lowest BCUT2D eigenvalue weighted by molar-refractivity contribution is 0.0693. The van der Waals surface area contributed by atoms with Gasteiger partial charge in [0, 0.05) is 0 Å². The molecule has 1 unspecified atom stereocenters. The van der Waals surface area contributed by atoms with Gasteiger partial charge in [-0.2, -0.15) is 0 Å². The van der Waals surface area contributed by atoms with Crippen molar-refractivity contribution >= 4 is 28.4 Å². The van der Waals surface area contributed by atoms with Crippen molar-refractivity contribution in [2.75, 3.05) is 0 Å². The van der Waals surface area contributed by atoms with Crippen LogP contribution in [0.5, 0.6) is 0 Å². The molecular weight excluding hydrogens is 303 g/mol. The predicted molar refractivity (Wildman–Crippen MR) is 74.9 cm³/mol. The number of aromatic carboxylic acids is 1. The van der Waals surface area contributed by atoms with Gasteiger partial charge in [-0.3, -0.25) is 4.21 Å². The topological polar surface area (TPSA) is 54.4 Å². The van der Waals surface area contributed by atoms with Crippen molar-refractivity contribution in [3.8, 4) is 0 Å². The van der Waals surface area contributed by atoms with Gasteiger partial charge in [0.2, 0.25) is 0 Å². The molecule has 2 aromatic carbocycles. The van der Waals surface area contributed by atoms with Crippen LogP contribution >= 0.6 is 11.6 Å². The molecule has 0 radical (unpaired) electrons. The molecule has 0 amide bonds. The second kappa shape index (κ2) is 6.15. The zero-order chi connectivity index (χ0) is 14.7. The number of benzene rings is 2. The van der Waals surface area contributed by atoms with Gasteiger partial charge in [0.25, 0.3) is 0 Å². The fourth-order valence-corrected chi connectivity index (χ4v) is 3.30. The third-order valence-corrected chi connectivity index (χ3v) is 4.52. The van der Waals surface area contributed by atoms with Gasteiger partial charge in [-0.1, -0.05) is 35.9 Å². The fraction of sp³-hybridized carbons (Fsp3) is 0.0714. The normalized spacial score (nSPS) is 12.1. The van der Waals surface area contributed by atoms with Crippen molar-refractivity contribution in [1.82, 2.24) is 0 Å². The lowest BCUT2D eigenvalue weighted by Crippen LogP contribution is -2.06. The molecule has 0 spiro atoms. The Morgan fingerprint density at radius 2 is 1.90 bits per heavy atom. The highest BCUT2D eigenvalue weighted by Crippen LogP contribution is 2.24. The van der Waals surface area contributed by atoms with Crippen LogP contribution in [0.4, 0.5) is 4.39 Å². The molecule has 0 aliphatic heterocycles. The summed E-state index contributed by atoms with van der Waals surface area (Å²) in [5, 5.41) is 8.97. The molecule has 6 heteroatoms. The van der Waals surface area contributed by atoms with E-state index in [1.54, 1.807) is 18.2 Å². The summed E-state index contributed by atoms with van der Waals surface area (Å²) in [5.41, 5.74) is 0.351. The van der Waals surface area contributed by atoms with E-state index < -0.39 is 22.6 Å². The molecule has 0 aromatic heterocycles. The Labute approximate surface area is 122 Å². The molecule has 0 bridgehead atoms. The summed E-state index contributed by atoms with van der Waals surface area (Å²) < 4.78 is 25.6. The summed E-state index contributed by atoms with van der Waals surface area (Å²) in [6.07, 6.45) is 0. The van der Waals surface area contributed by atoms with Gasteiger partial charge in [-0.15, -0.1) is 0 Å². The molecular formula is C14H10ClFO3S. The molecule has 0 saturated heterocycles. The number of carboxylic acids is 1. The molecule has 2 rings (SSSR count). The van der Waals surface area contributed by atoms with E-state index in [1.165, 1.54) is 24.3 Å². The molecule has 20 heavy (non-hydrogen) atoms. The third-order valence-electron chi connectivity index (χ3n) is 2.68. The zero-order valence-electron chi connectivity index (χ0n) is 10.2. The number of rotatable bonds is 4. The van der Waals surface area contributed by atoms with Crippen LogP contribution in [0.3, 0.4) is 0 Å². The second-order valence-electron chi connectivity index (χ2n) is 4.00. The number of hydrogen-bond acceptors (Lipinski definition) is 2.